The Kier molecular flexibility index (Phi) is 4.95. The number of ether oxygens (including phenoxy) is 1. The Morgan fingerprint density at radius 1 is 1.53 bits per heavy atom. The van der Waals surface area contributed by atoms with Crippen molar-refractivity contribution >= 4 is 0 Å². The molecule has 17 heavy (non-hydrogen) atoms. The van der Waals surface area contributed by atoms with Gasteiger partial charge < -0.3 is 15.2 Å². The first-order valence-electron chi connectivity index (χ1n) is 5.63. The van der Waals surface area contributed by atoms with Gasteiger partial charge in [0.1, 0.15) is 18.0 Å². The number of benzene rings is 1. The monoisotopic (exact) mass is 234 g/mol. The van der Waals surface area contributed by atoms with Gasteiger partial charge in [-0.05, 0) is 31.7 Å². The predicted octanol–water partition coefficient (Wildman–Crippen LogP) is 1.30. The molecule has 0 aliphatic carbocycles. The van der Waals surface area contributed by atoms with Crippen LogP contribution in [0.4, 0.5) is 0 Å². The van der Waals surface area contributed by atoms with E-state index >= 15 is 0 Å². The normalized spacial score (nSPS) is 13.8. The molecule has 2 N–H and O–H groups in total. The summed E-state index contributed by atoms with van der Waals surface area (Å²) in [4.78, 5) is 0. The molecular formula is C13H18N2O2. The summed E-state index contributed by atoms with van der Waals surface area (Å²) in [5.74, 6) is 0.598. The lowest BCUT2D eigenvalue weighted by Crippen LogP contribution is -2.42. The van der Waals surface area contributed by atoms with Crippen LogP contribution in [0.2, 0.25) is 0 Å². The number of rotatable bonds is 6. The van der Waals surface area contributed by atoms with Gasteiger partial charge in [0.25, 0.3) is 0 Å². The van der Waals surface area contributed by atoms with E-state index in [1.807, 2.05) is 13.0 Å². The van der Waals surface area contributed by atoms with E-state index in [1.54, 1.807) is 31.2 Å². The summed E-state index contributed by atoms with van der Waals surface area (Å²) >= 11 is 0. The summed E-state index contributed by atoms with van der Waals surface area (Å²) in [6, 6.07) is 8.94. The van der Waals surface area contributed by atoms with Gasteiger partial charge in [-0.3, -0.25) is 0 Å². The zero-order valence-corrected chi connectivity index (χ0v) is 10.2. The molecule has 4 nitrogen and oxygen atoms in total. The van der Waals surface area contributed by atoms with E-state index in [9.17, 15) is 5.11 Å². The highest BCUT2D eigenvalue weighted by molar-refractivity contribution is 5.36. The van der Waals surface area contributed by atoms with Crippen molar-refractivity contribution in [2.24, 2.45) is 0 Å². The quantitative estimate of drug-likeness (QED) is 0.778. The fraction of sp³-hybridized carbons (Fsp3) is 0.462. The maximum Gasteiger partial charge on any atom is 0.120 e. The molecule has 0 aromatic heterocycles. The number of nitriles is 1. The lowest BCUT2D eigenvalue weighted by Gasteiger charge is -2.23. The van der Waals surface area contributed by atoms with E-state index in [0.29, 0.717) is 17.9 Å². The fourth-order valence-corrected chi connectivity index (χ4v) is 1.34. The molecule has 0 heterocycles. The largest absolute Gasteiger partial charge is 0.491 e. The number of hydrogen-bond donors (Lipinski definition) is 2. The lowest BCUT2D eigenvalue weighted by atomic mass is 10.1. The van der Waals surface area contributed by atoms with Gasteiger partial charge in [0, 0.05) is 6.54 Å². The van der Waals surface area contributed by atoms with Gasteiger partial charge in [-0.1, -0.05) is 13.0 Å². The first-order chi connectivity index (χ1) is 8.07. The van der Waals surface area contributed by atoms with E-state index < -0.39 is 5.60 Å². The second kappa shape index (κ2) is 6.24. The molecule has 0 aliphatic heterocycles. The standard InChI is InChI=1S/C13H18N2O2/c1-3-15-9-13(2,16)10-17-12-6-4-5-11(7-12)8-14/h4-7,15-16H,3,9-10H2,1-2H3. The van der Waals surface area contributed by atoms with Crippen LogP contribution in [0.1, 0.15) is 19.4 Å². The highest BCUT2D eigenvalue weighted by Gasteiger charge is 2.20. The molecule has 1 aromatic rings. The molecule has 1 rings (SSSR count). The van der Waals surface area contributed by atoms with Crippen LogP contribution < -0.4 is 10.1 Å². The Morgan fingerprint density at radius 2 is 2.29 bits per heavy atom. The Bertz CT molecular complexity index is 397. The Balaban J connectivity index is 2.52. The maximum atomic E-state index is 9.98. The molecule has 1 atom stereocenters. The molecular weight excluding hydrogens is 216 g/mol. The molecule has 0 amide bonds. The molecule has 0 radical (unpaired) electrons. The SMILES string of the molecule is CCNCC(C)(O)COc1cccc(C#N)c1. The number of likely N-dealkylation sites (N-methyl/N-ethyl adjacent to an activating group) is 1. The zero-order valence-electron chi connectivity index (χ0n) is 10.2. The minimum Gasteiger partial charge on any atom is -0.491 e. The average Bonchev–Trinajstić information content (AvgIpc) is 2.34. The van der Waals surface area contributed by atoms with Gasteiger partial charge in [-0.15, -0.1) is 0 Å². The number of nitrogens with zero attached hydrogens (tertiary/aromatic N) is 1. The van der Waals surface area contributed by atoms with Crippen LogP contribution in [0.15, 0.2) is 24.3 Å². The summed E-state index contributed by atoms with van der Waals surface area (Å²) in [7, 11) is 0. The summed E-state index contributed by atoms with van der Waals surface area (Å²) in [5, 5.41) is 21.8. The van der Waals surface area contributed by atoms with Gasteiger partial charge in [0.2, 0.25) is 0 Å². The van der Waals surface area contributed by atoms with Crippen LogP contribution in [0.5, 0.6) is 5.75 Å². The molecule has 0 bridgehead atoms. The molecule has 0 spiro atoms. The fourth-order valence-electron chi connectivity index (χ4n) is 1.34. The molecule has 0 saturated carbocycles. The van der Waals surface area contributed by atoms with Gasteiger partial charge in [0.05, 0.1) is 11.6 Å². The molecule has 0 saturated heterocycles. The van der Waals surface area contributed by atoms with Gasteiger partial charge in [0.15, 0.2) is 0 Å². The number of hydrogen-bond acceptors (Lipinski definition) is 4. The third kappa shape index (κ3) is 4.85. The molecule has 92 valence electrons. The van der Waals surface area contributed by atoms with E-state index in [4.69, 9.17) is 10.00 Å². The first-order valence-corrected chi connectivity index (χ1v) is 5.63. The van der Waals surface area contributed by atoms with E-state index in [0.717, 1.165) is 6.54 Å². The number of aliphatic hydroxyl groups is 1. The minimum atomic E-state index is -0.918. The Morgan fingerprint density at radius 3 is 2.94 bits per heavy atom. The smallest absolute Gasteiger partial charge is 0.120 e. The van der Waals surface area contributed by atoms with Crippen molar-refractivity contribution < 1.29 is 9.84 Å². The Labute approximate surface area is 102 Å². The van der Waals surface area contributed by atoms with Crippen molar-refractivity contribution in [1.82, 2.24) is 5.32 Å². The maximum absolute atomic E-state index is 9.98. The van der Waals surface area contributed by atoms with Crippen LogP contribution in [0.3, 0.4) is 0 Å². The average molecular weight is 234 g/mol. The molecule has 0 fully saturated rings. The van der Waals surface area contributed by atoms with Crippen molar-refractivity contribution in [3.05, 3.63) is 29.8 Å². The third-order valence-electron chi connectivity index (χ3n) is 2.27. The third-order valence-corrected chi connectivity index (χ3v) is 2.27. The highest BCUT2D eigenvalue weighted by Crippen LogP contribution is 2.14. The minimum absolute atomic E-state index is 0.189. The molecule has 0 aliphatic rings. The highest BCUT2D eigenvalue weighted by atomic mass is 16.5. The second-order valence-electron chi connectivity index (χ2n) is 4.21. The molecule has 4 heteroatoms. The number of nitrogens with one attached hydrogen (secondary N) is 1. The summed E-state index contributed by atoms with van der Waals surface area (Å²) in [5.41, 5.74) is -0.368. The van der Waals surface area contributed by atoms with Crippen molar-refractivity contribution in [1.29, 1.82) is 5.26 Å². The van der Waals surface area contributed by atoms with Crippen LogP contribution in [0.25, 0.3) is 0 Å². The topological polar surface area (TPSA) is 65.3 Å². The molecule has 1 unspecified atom stereocenters. The van der Waals surface area contributed by atoms with Gasteiger partial charge in [-0.2, -0.15) is 5.26 Å². The van der Waals surface area contributed by atoms with E-state index in [1.165, 1.54) is 0 Å². The Hall–Kier alpha value is -1.57. The van der Waals surface area contributed by atoms with Gasteiger partial charge >= 0.3 is 0 Å². The van der Waals surface area contributed by atoms with Crippen LogP contribution in [-0.4, -0.2) is 30.4 Å². The summed E-state index contributed by atoms with van der Waals surface area (Å²) < 4.78 is 5.47. The van der Waals surface area contributed by atoms with E-state index in [2.05, 4.69) is 5.32 Å². The zero-order chi connectivity index (χ0) is 12.7. The lowest BCUT2D eigenvalue weighted by molar-refractivity contribution is 0.0127. The predicted molar refractivity (Wildman–Crippen MR) is 65.8 cm³/mol. The van der Waals surface area contributed by atoms with Gasteiger partial charge in [-0.25, -0.2) is 0 Å². The molecule has 1 aromatic carbocycles. The van der Waals surface area contributed by atoms with E-state index in [-0.39, 0.29) is 6.61 Å². The van der Waals surface area contributed by atoms with Crippen LogP contribution in [-0.2, 0) is 0 Å². The van der Waals surface area contributed by atoms with Crippen LogP contribution in [0, 0.1) is 11.3 Å². The first kappa shape index (κ1) is 13.5. The summed E-state index contributed by atoms with van der Waals surface area (Å²) in [6.07, 6.45) is 0. The summed E-state index contributed by atoms with van der Waals surface area (Å²) in [6.45, 7) is 5.16. The van der Waals surface area contributed by atoms with Crippen molar-refractivity contribution in [2.45, 2.75) is 19.4 Å². The van der Waals surface area contributed by atoms with Crippen molar-refractivity contribution in [3.63, 3.8) is 0 Å². The van der Waals surface area contributed by atoms with Crippen LogP contribution >= 0.6 is 0 Å². The second-order valence-corrected chi connectivity index (χ2v) is 4.21. The van der Waals surface area contributed by atoms with Crippen molar-refractivity contribution in [2.75, 3.05) is 19.7 Å². The van der Waals surface area contributed by atoms with Crippen molar-refractivity contribution in [3.8, 4) is 11.8 Å².